The van der Waals surface area contributed by atoms with Crippen LogP contribution < -0.4 is 24.6 Å². The number of ether oxygens (including phenoxy) is 1. The maximum Gasteiger partial charge on any atom is 0.229 e. The van der Waals surface area contributed by atoms with Gasteiger partial charge in [0, 0.05) is 101 Å². The number of piperidine rings is 1. The third-order valence-electron chi connectivity index (χ3n) is 10.1. The zero-order valence-corrected chi connectivity index (χ0v) is 31.3. The number of hydrogen-bond acceptors (Lipinski definition) is 10. The fourth-order valence-corrected chi connectivity index (χ4v) is 7.76. The summed E-state index contributed by atoms with van der Waals surface area (Å²) in [6.45, 7) is 6.55. The van der Waals surface area contributed by atoms with Crippen LogP contribution in [-0.4, -0.2) is 107 Å². The van der Waals surface area contributed by atoms with E-state index in [0.29, 0.717) is 28.0 Å². The molecule has 0 spiro atoms. The molecule has 2 aromatic heterocycles. The van der Waals surface area contributed by atoms with Gasteiger partial charge in [-0.25, -0.2) is 9.19 Å². The van der Waals surface area contributed by atoms with Gasteiger partial charge in [-0.2, -0.15) is 10.1 Å². The highest BCUT2D eigenvalue weighted by Gasteiger charge is 2.29. The summed E-state index contributed by atoms with van der Waals surface area (Å²) >= 11 is 3.64. The number of fused-ring (bicyclic) bond motifs is 1. The summed E-state index contributed by atoms with van der Waals surface area (Å²) in [5, 5.41) is 11.4. The van der Waals surface area contributed by atoms with Gasteiger partial charge in [-0.15, -0.1) is 0 Å². The van der Waals surface area contributed by atoms with Gasteiger partial charge < -0.3 is 25.2 Å². The fourth-order valence-electron chi connectivity index (χ4n) is 7.04. The molecular formula is C35H45BrN10O2S. The van der Waals surface area contributed by atoms with Gasteiger partial charge in [-0.1, -0.05) is 0 Å². The molecule has 2 fully saturated rings. The van der Waals surface area contributed by atoms with Crippen molar-refractivity contribution < 1.29 is 8.95 Å². The molecule has 14 heteroatoms. The average Bonchev–Trinajstić information content (AvgIpc) is 3.53. The van der Waals surface area contributed by atoms with Crippen LogP contribution in [0, 0.1) is 0 Å². The van der Waals surface area contributed by atoms with E-state index < -0.39 is 11.0 Å². The second kappa shape index (κ2) is 14.3. The molecule has 12 nitrogen and oxygen atoms in total. The predicted octanol–water partition coefficient (Wildman–Crippen LogP) is 5.18. The van der Waals surface area contributed by atoms with Crippen LogP contribution in [0.15, 0.2) is 47.3 Å². The Morgan fingerprint density at radius 3 is 2.35 bits per heavy atom. The van der Waals surface area contributed by atoms with Crippen molar-refractivity contribution in [3.05, 3.63) is 58.5 Å². The Labute approximate surface area is 299 Å². The number of aromatic nitrogens is 4. The molecule has 7 rings (SSSR count). The summed E-state index contributed by atoms with van der Waals surface area (Å²) in [4.78, 5) is 17.1. The van der Waals surface area contributed by atoms with Gasteiger partial charge in [0.2, 0.25) is 5.95 Å². The van der Waals surface area contributed by atoms with Crippen LogP contribution >= 0.6 is 15.9 Å². The van der Waals surface area contributed by atoms with Crippen LogP contribution in [0.3, 0.4) is 0 Å². The van der Waals surface area contributed by atoms with Crippen molar-refractivity contribution in [1.29, 1.82) is 0 Å². The molecule has 2 aliphatic heterocycles. The molecule has 1 aliphatic carbocycles. The van der Waals surface area contributed by atoms with Gasteiger partial charge in [0.1, 0.15) is 22.6 Å². The zero-order valence-electron chi connectivity index (χ0n) is 28.9. The lowest BCUT2D eigenvalue weighted by atomic mass is 9.87. The number of piperazine rings is 1. The molecule has 260 valence electrons. The highest BCUT2D eigenvalue weighted by atomic mass is 79.9. The smallest absolute Gasteiger partial charge is 0.229 e. The van der Waals surface area contributed by atoms with Crippen molar-refractivity contribution in [3.63, 3.8) is 0 Å². The van der Waals surface area contributed by atoms with Crippen LogP contribution in [0.25, 0.3) is 11.1 Å². The Kier molecular flexibility index (Phi) is 9.82. The van der Waals surface area contributed by atoms with Crippen molar-refractivity contribution >= 4 is 61.4 Å². The summed E-state index contributed by atoms with van der Waals surface area (Å²) in [5.74, 6) is 1.72. The average molecular weight is 750 g/mol. The molecule has 0 radical (unpaired) electrons. The maximum absolute atomic E-state index is 12.4. The van der Waals surface area contributed by atoms with Crippen LogP contribution in [0.4, 0.5) is 34.5 Å². The lowest BCUT2D eigenvalue weighted by Crippen LogP contribution is -2.52. The minimum absolute atomic E-state index is 0.416. The topological polar surface area (TPSA) is 107 Å². The van der Waals surface area contributed by atoms with Gasteiger partial charge in [-0.3, -0.25) is 13.9 Å². The number of hydrogen-bond donors (Lipinski definition) is 2. The molecule has 1 atom stereocenters. The molecule has 4 heterocycles. The minimum atomic E-state index is -1.18. The molecule has 3 aliphatic rings. The lowest BCUT2D eigenvalue weighted by Gasteiger charge is -2.43. The Bertz CT molecular complexity index is 1850. The number of methoxy groups -OCH3 is 1. The summed E-state index contributed by atoms with van der Waals surface area (Å²) in [6.07, 6.45) is 11.7. The van der Waals surface area contributed by atoms with E-state index in [9.17, 15) is 4.21 Å². The van der Waals surface area contributed by atoms with Crippen LogP contribution in [-0.2, 0) is 30.9 Å². The number of aryl methyl sites for hydroxylation is 3. The number of halogens is 1. The molecule has 2 saturated heterocycles. The molecule has 0 amide bonds. The van der Waals surface area contributed by atoms with Gasteiger partial charge >= 0.3 is 0 Å². The van der Waals surface area contributed by atoms with Crippen molar-refractivity contribution in [3.8, 4) is 16.9 Å². The molecule has 0 saturated carbocycles. The number of rotatable bonds is 10. The number of benzene rings is 2. The van der Waals surface area contributed by atoms with E-state index in [-0.39, 0.29) is 0 Å². The van der Waals surface area contributed by atoms with Crippen molar-refractivity contribution in [2.75, 3.05) is 86.6 Å². The van der Waals surface area contributed by atoms with Crippen LogP contribution in [0.2, 0.25) is 0 Å². The van der Waals surface area contributed by atoms with Crippen LogP contribution in [0.1, 0.15) is 24.0 Å². The summed E-state index contributed by atoms with van der Waals surface area (Å²) < 4.78 is 22.7. The first kappa shape index (κ1) is 33.8. The number of likely N-dealkylation sites (N-methyl/N-ethyl adjacent to an activating group) is 1. The van der Waals surface area contributed by atoms with E-state index in [4.69, 9.17) is 9.72 Å². The van der Waals surface area contributed by atoms with Crippen LogP contribution in [0.5, 0.6) is 5.75 Å². The van der Waals surface area contributed by atoms with Gasteiger partial charge in [0.25, 0.3) is 0 Å². The Morgan fingerprint density at radius 1 is 0.959 bits per heavy atom. The maximum atomic E-state index is 12.4. The summed E-state index contributed by atoms with van der Waals surface area (Å²) in [7, 11) is 6.52. The van der Waals surface area contributed by atoms with Gasteiger partial charge in [-0.05, 0) is 78.0 Å². The van der Waals surface area contributed by atoms with Crippen molar-refractivity contribution in [1.82, 2.24) is 29.5 Å². The highest BCUT2D eigenvalue weighted by molar-refractivity contribution is 9.10. The van der Waals surface area contributed by atoms with E-state index in [1.807, 2.05) is 25.0 Å². The predicted molar refractivity (Wildman–Crippen MR) is 202 cm³/mol. The largest absolute Gasteiger partial charge is 0.494 e. The zero-order chi connectivity index (χ0) is 34.2. The molecule has 2 aromatic carbocycles. The number of anilines is 6. The number of nitrogens with one attached hydrogen (secondary N) is 2. The summed E-state index contributed by atoms with van der Waals surface area (Å²) in [6, 6.07) is 9.14. The Morgan fingerprint density at radius 2 is 1.69 bits per heavy atom. The molecule has 4 aromatic rings. The van der Waals surface area contributed by atoms with E-state index in [1.165, 1.54) is 11.1 Å². The van der Waals surface area contributed by atoms with Gasteiger partial charge in [0.05, 0.1) is 34.8 Å². The van der Waals surface area contributed by atoms with E-state index in [0.717, 1.165) is 98.8 Å². The first-order valence-electron chi connectivity index (χ1n) is 16.8. The third kappa shape index (κ3) is 7.14. The van der Waals surface area contributed by atoms with Crippen molar-refractivity contribution in [2.24, 2.45) is 7.05 Å². The SMILES string of the molecule is COc1cc(N2CCC(N3CCN(C)CC3)CC2)c(-c2cnn(C)c2)cc1Nc1ncc(Br)c(Nc2cc3c(cc2N(C)S(C)=O)CC3)n1. The monoisotopic (exact) mass is 748 g/mol. The Hall–Kier alpha value is -3.72. The molecule has 1 unspecified atom stereocenters. The fraction of sp³-hybridized carbons (Fsp3) is 0.457. The first-order valence-corrected chi connectivity index (χ1v) is 19.2. The molecule has 2 N–H and O–H groups in total. The quantitative estimate of drug-likeness (QED) is 0.226. The molecule has 0 bridgehead atoms. The summed E-state index contributed by atoms with van der Waals surface area (Å²) in [5.41, 5.74) is 8.30. The second-order valence-corrected chi connectivity index (χ2v) is 15.5. The van der Waals surface area contributed by atoms with E-state index in [2.05, 4.69) is 88.9 Å². The van der Waals surface area contributed by atoms with E-state index in [1.54, 1.807) is 23.9 Å². The van der Waals surface area contributed by atoms with Crippen molar-refractivity contribution in [2.45, 2.75) is 31.7 Å². The van der Waals surface area contributed by atoms with E-state index >= 15 is 0 Å². The lowest BCUT2D eigenvalue weighted by molar-refractivity contribution is 0.0982. The highest BCUT2D eigenvalue weighted by Crippen LogP contribution is 2.42. The molecular weight excluding hydrogens is 704 g/mol. The third-order valence-corrected chi connectivity index (χ3v) is 11.7. The number of nitrogens with zero attached hydrogens (tertiary/aromatic N) is 8. The van der Waals surface area contributed by atoms with Gasteiger partial charge in [0.15, 0.2) is 0 Å². The normalized spacial score (nSPS) is 17.7. The first-order chi connectivity index (χ1) is 23.7. The Balaban J connectivity index is 1.16. The second-order valence-electron chi connectivity index (χ2n) is 13.2. The standard InChI is InChI=1S/C35H45BrN10O2S/c1-42-12-14-45(15-13-42)26-8-10-46(11-9-26)31-19-33(48-4)30(18-27(31)25-20-38-43(2)22-25)40-35-37-21-28(36)34(41-35)39-29-16-23-6-7-24(23)17-32(29)44(3)49(5)47/h16-22,26H,6-15H2,1-5H3,(H2,37,39,40,41). The minimum Gasteiger partial charge on any atom is -0.494 e. The molecule has 49 heavy (non-hydrogen) atoms.